The molecule has 1 amide bonds. The number of aliphatic hydroxyl groups is 2. The minimum absolute atomic E-state index is 0.0114. The Morgan fingerprint density at radius 2 is 2.00 bits per heavy atom. The third-order valence-corrected chi connectivity index (χ3v) is 6.34. The lowest BCUT2D eigenvalue weighted by molar-refractivity contribution is -0.279. The summed E-state index contributed by atoms with van der Waals surface area (Å²) < 4.78 is 51.6. The Morgan fingerprint density at radius 3 is 2.61 bits per heavy atom. The van der Waals surface area contributed by atoms with E-state index < -0.39 is 40.9 Å². The molecule has 0 saturated heterocycles. The first-order valence-corrected chi connectivity index (χ1v) is 10.7. The number of amides is 1. The lowest BCUT2D eigenvalue weighted by Crippen LogP contribution is -2.51. The highest BCUT2D eigenvalue weighted by Crippen LogP contribution is 2.54. The monoisotopic (exact) mass is 486 g/mol. The van der Waals surface area contributed by atoms with E-state index >= 15 is 0 Å². The number of pyridine rings is 1. The van der Waals surface area contributed by atoms with Crippen molar-refractivity contribution in [2.75, 3.05) is 13.2 Å². The van der Waals surface area contributed by atoms with E-state index in [1.165, 1.54) is 0 Å². The number of hydrogen-bond acceptors (Lipinski definition) is 6. The van der Waals surface area contributed by atoms with Crippen LogP contribution >= 0.6 is 11.6 Å². The zero-order chi connectivity index (χ0) is 23.9. The average Bonchev–Trinajstić information content (AvgIpc) is 3.63. The summed E-state index contributed by atoms with van der Waals surface area (Å²) in [5, 5.41) is 22.0. The number of carbonyl (C=O) groups excluding carboxylic acids is 1. The van der Waals surface area contributed by atoms with E-state index in [0.29, 0.717) is 0 Å². The van der Waals surface area contributed by atoms with Crippen LogP contribution in [-0.2, 0) is 22.5 Å². The van der Waals surface area contributed by atoms with Gasteiger partial charge in [-0.15, -0.1) is 0 Å². The summed E-state index contributed by atoms with van der Waals surface area (Å²) in [6.07, 6.45) is -4.27. The molecule has 4 rings (SSSR count). The predicted octanol–water partition coefficient (Wildman–Crippen LogP) is 3.79. The number of rotatable bonds is 6. The summed E-state index contributed by atoms with van der Waals surface area (Å²) in [6.45, 7) is -1.49. The molecule has 11 heteroatoms. The summed E-state index contributed by atoms with van der Waals surface area (Å²) in [4.78, 5) is 16.4. The highest BCUT2D eigenvalue weighted by atomic mass is 35.5. The molecule has 1 aromatic heterocycles. The first-order valence-electron chi connectivity index (χ1n) is 10.3. The normalized spacial score (nSPS) is 22.0. The van der Waals surface area contributed by atoms with Crippen LogP contribution in [-0.4, -0.2) is 40.7 Å². The van der Waals surface area contributed by atoms with Crippen molar-refractivity contribution in [2.45, 2.75) is 43.2 Å². The zero-order valence-electron chi connectivity index (χ0n) is 17.4. The van der Waals surface area contributed by atoms with Crippen molar-refractivity contribution < 1.29 is 37.7 Å². The van der Waals surface area contributed by atoms with Crippen LogP contribution in [0.2, 0.25) is 5.15 Å². The Bertz CT molecular complexity index is 1030. The maximum atomic E-state index is 13.6. The minimum atomic E-state index is -5.22. The van der Waals surface area contributed by atoms with Gasteiger partial charge in [-0.05, 0) is 30.4 Å². The molecule has 3 N–H and O–H groups in total. The number of alkyl halides is 3. The molecule has 1 aliphatic heterocycles. The number of nitrogens with zero attached hydrogens (tertiary/aromatic N) is 1. The van der Waals surface area contributed by atoms with Gasteiger partial charge in [0.1, 0.15) is 6.61 Å². The van der Waals surface area contributed by atoms with E-state index in [-0.39, 0.29) is 36.9 Å². The van der Waals surface area contributed by atoms with Crippen molar-refractivity contribution in [3.63, 3.8) is 0 Å². The molecule has 33 heavy (non-hydrogen) atoms. The molecule has 0 spiro atoms. The quantitative estimate of drug-likeness (QED) is 0.537. The van der Waals surface area contributed by atoms with E-state index in [9.17, 15) is 28.2 Å². The maximum absolute atomic E-state index is 13.6. The second kappa shape index (κ2) is 8.66. The van der Waals surface area contributed by atoms with Crippen molar-refractivity contribution in [1.82, 2.24) is 10.3 Å². The molecular formula is C22H22ClF3N2O5. The topological polar surface area (TPSA) is 101 Å². The van der Waals surface area contributed by atoms with Crippen LogP contribution in [0.4, 0.5) is 18.0 Å². The Hall–Kier alpha value is -2.56. The van der Waals surface area contributed by atoms with Crippen LogP contribution in [0.1, 0.15) is 36.1 Å². The predicted molar refractivity (Wildman–Crippen MR) is 111 cm³/mol. The van der Waals surface area contributed by atoms with E-state index in [1.807, 2.05) is 6.07 Å². The number of hydrogen-bond donors (Lipinski definition) is 3. The molecule has 0 bridgehead atoms. The number of nitrogens with one attached hydrogen (secondary N) is 1. The maximum Gasteiger partial charge on any atom is 0.425 e. The van der Waals surface area contributed by atoms with Gasteiger partial charge in [-0.3, -0.25) is 0 Å². The van der Waals surface area contributed by atoms with Crippen LogP contribution in [0.3, 0.4) is 0 Å². The van der Waals surface area contributed by atoms with Crippen molar-refractivity contribution in [2.24, 2.45) is 5.92 Å². The fourth-order valence-electron chi connectivity index (χ4n) is 4.12. The minimum Gasteiger partial charge on any atom is -0.490 e. The molecule has 1 aliphatic carbocycles. The van der Waals surface area contributed by atoms with Crippen LogP contribution in [0.5, 0.6) is 5.75 Å². The lowest BCUT2D eigenvalue weighted by atomic mass is 9.79. The molecule has 2 heterocycles. The summed E-state index contributed by atoms with van der Waals surface area (Å²) >= 11 is 6.15. The first-order chi connectivity index (χ1) is 15.6. The smallest absolute Gasteiger partial charge is 0.425 e. The first kappa shape index (κ1) is 23.6. The molecule has 2 aromatic rings. The lowest BCUT2D eigenvalue weighted by Gasteiger charge is -2.40. The highest BCUT2D eigenvalue weighted by molar-refractivity contribution is 6.31. The third-order valence-electron chi connectivity index (χ3n) is 6.09. The van der Waals surface area contributed by atoms with Crippen LogP contribution in [0, 0.1) is 5.92 Å². The zero-order valence-corrected chi connectivity index (χ0v) is 18.1. The van der Waals surface area contributed by atoms with Gasteiger partial charge in [0.15, 0.2) is 10.9 Å². The van der Waals surface area contributed by atoms with E-state index in [1.54, 1.807) is 24.3 Å². The fourth-order valence-corrected chi connectivity index (χ4v) is 4.37. The molecule has 1 aromatic carbocycles. The number of halogens is 4. The third kappa shape index (κ3) is 4.34. The number of aromatic nitrogens is 1. The fraction of sp³-hybridized carbons (Fsp3) is 0.455. The molecule has 2 aliphatic rings. The van der Waals surface area contributed by atoms with Gasteiger partial charge in [0.25, 0.3) is 0 Å². The number of fused-ring (bicyclic) bond motifs is 1. The SMILES string of the molecule is O=C(NC1(C2CC2)CCOc2c1cc(C(O)(CO)C(F)(F)F)nc2Cl)OCc1ccccc1. The van der Waals surface area contributed by atoms with Crippen LogP contribution < -0.4 is 10.1 Å². The molecule has 0 radical (unpaired) electrons. The van der Waals surface area contributed by atoms with Crippen molar-refractivity contribution >= 4 is 17.7 Å². The average molecular weight is 487 g/mol. The van der Waals surface area contributed by atoms with E-state index in [0.717, 1.165) is 24.5 Å². The van der Waals surface area contributed by atoms with Gasteiger partial charge < -0.3 is 25.0 Å². The summed E-state index contributed by atoms with van der Waals surface area (Å²) in [5.41, 5.74) is -4.69. The van der Waals surface area contributed by atoms with Gasteiger partial charge in [-0.25, -0.2) is 9.78 Å². The summed E-state index contributed by atoms with van der Waals surface area (Å²) in [5.74, 6) is -0.0618. The number of alkyl carbamates (subject to hydrolysis) is 1. The molecule has 2 atom stereocenters. The van der Waals surface area contributed by atoms with Crippen LogP contribution in [0.25, 0.3) is 0 Å². The number of benzene rings is 1. The van der Waals surface area contributed by atoms with E-state index in [2.05, 4.69) is 10.3 Å². The number of ether oxygens (including phenoxy) is 2. The Labute approximate surface area is 192 Å². The van der Waals surface area contributed by atoms with Gasteiger partial charge in [0.2, 0.25) is 5.60 Å². The number of aliphatic hydroxyl groups excluding tert-OH is 1. The van der Waals surface area contributed by atoms with Gasteiger partial charge >= 0.3 is 12.3 Å². The molecule has 1 saturated carbocycles. The Kier molecular flexibility index (Phi) is 6.19. The molecule has 1 fully saturated rings. The molecule has 2 unspecified atom stereocenters. The largest absolute Gasteiger partial charge is 0.490 e. The van der Waals surface area contributed by atoms with Crippen molar-refractivity contribution in [3.05, 3.63) is 58.4 Å². The Balaban J connectivity index is 1.70. The van der Waals surface area contributed by atoms with Gasteiger partial charge in [0, 0.05) is 12.0 Å². The molecular weight excluding hydrogens is 465 g/mol. The molecule has 7 nitrogen and oxygen atoms in total. The van der Waals surface area contributed by atoms with Gasteiger partial charge in [0.05, 0.1) is 24.4 Å². The van der Waals surface area contributed by atoms with Crippen LogP contribution in [0.15, 0.2) is 36.4 Å². The van der Waals surface area contributed by atoms with Crippen molar-refractivity contribution in [3.8, 4) is 5.75 Å². The summed E-state index contributed by atoms with van der Waals surface area (Å²) in [7, 11) is 0. The second-order valence-corrected chi connectivity index (χ2v) is 8.58. The van der Waals surface area contributed by atoms with Crippen molar-refractivity contribution in [1.29, 1.82) is 0 Å². The second-order valence-electron chi connectivity index (χ2n) is 8.22. The highest BCUT2D eigenvalue weighted by Gasteiger charge is 2.58. The number of carbonyl (C=O) groups is 1. The molecule has 178 valence electrons. The van der Waals surface area contributed by atoms with Gasteiger partial charge in [-0.2, -0.15) is 13.2 Å². The standard InChI is InChI=1S/C22H22ClF3N2O5/c23-18-17-15(10-16(27-18)21(31,12-29)22(24,25)26)20(8-9-32-17,14-6-7-14)28-19(30)33-11-13-4-2-1-3-5-13/h1-5,10,14,29,31H,6-9,11-12H2,(H,28,30). The van der Waals surface area contributed by atoms with Gasteiger partial charge in [-0.1, -0.05) is 41.9 Å². The van der Waals surface area contributed by atoms with E-state index in [4.69, 9.17) is 21.1 Å². The Morgan fingerprint density at radius 1 is 1.30 bits per heavy atom. The summed E-state index contributed by atoms with van der Waals surface area (Å²) in [6, 6.07) is 10.0.